The monoisotopic (exact) mass is 266 g/mol. The number of H-pyrrole nitrogens is 1. The minimum Gasteiger partial charge on any atom is -0.394 e. The Morgan fingerprint density at radius 3 is 2.82 bits per heavy atom. The van der Waals surface area contributed by atoms with Crippen LogP contribution in [0.5, 0.6) is 0 Å². The third-order valence-corrected chi connectivity index (χ3v) is 2.21. The summed E-state index contributed by atoms with van der Waals surface area (Å²) in [6, 6.07) is 1.93. The van der Waals surface area contributed by atoms with Crippen LogP contribution in [0.25, 0.3) is 0 Å². The van der Waals surface area contributed by atoms with Crippen LogP contribution in [0.4, 0.5) is 0 Å². The molecule has 0 aliphatic carbocycles. The van der Waals surface area contributed by atoms with E-state index in [1.165, 1.54) is 0 Å². The van der Waals surface area contributed by atoms with Gasteiger partial charge in [-0.15, -0.1) is 0 Å². The highest BCUT2D eigenvalue weighted by atomic mass is 127. The minimum absolute atomic E-state index is 0.0520. The molecule has 1 aromatic heterocycles. The largest absolute Gasteiger partial charge is 0.394 e. The molecule has 0 bridgehead atoms. The molecule has 4 heteroatoms. The number of nitrogens with two attached hydrogens (primary N) is 1. The molecular formula is C7H11IN2O. The molecule has 1 atom stereocenters. The summed E-state index contributed by atoms with van der Waals surface area (Å²) >= 11 is 2.19. The molecule has 1 rings (SSSR count). The van der Waals surface area contributed by atoms with E-state index in [4.69, 9.17) is 10.8 Å². The summed E-state index contributed by atoms with van der Waals surface area (Å²) in [5.41, 5.74) is 5.98. The van der Waals surface area contributed by atoms with Crippen molar-refractivity contribution in [3.05, 3.63) is 21.5 Å². The Morgan fingerprint density at radius 2 is 2.45 bits per heavy atom. The molecule has 62 valence electrons. The smallest absolute Gasteiger partial charge is 0.0767 e. The van der Waals surface area contributed by atoms with Crippen LogP contribution >= 0.6 is 22.6 Å². The van der Waals surface area contributed by atoms with E-state index in [9.17, 15) is 0 Å². The molecule has 0 aromatic carbocycles. The fraction of sp³-hybridized carbons (Fsp3) is 0.429. The Morgan fingerprint density at radius 1 is 1.82 bits per heavy atom. The molecular weight excluding hydrogens is 255 g/mol. The lowest BCUT2D eigenvalue weighted by atomic mass is 10.0. The van der Waals surface area contributed by atoms with Crippen LogP contribution in [0.2, 0.25) is 0 Å². The number of hydrogen-bond acceptors (Lipinski definition) is 2. The first kappa shape index (κ1) is 9.02. The fourth-order valence-corrected chi connectivity index (χ4v) is 1.25. The molecule has 0 saturated carbocycles. The predicted octanol–water partition coefficient (Wildman–Crippen LogP) is 0.786. The van der Waals surface area contributed by atoms with Crippen molar-refractivity contribution in [1.82, 2.24) is 4.98 Å². The topological polar surface area (TPSA) is 62.0 Å². The van der Waals surface area contributed by atoms with Gasteiger partial charge in [-0.2, -0.15) is 0 Å². The summed E-state index contributed by atoms with van der Waals surface area (Å²) in [5.74, 6) is 0. The standard InChI is InChI=1S/C7H11IN2O/c1-7(9,4-11)6-2-5(8)3-10-6/h2-3,10-11H,4,9H2,1H3/t7-/m0/s1. The van der Waals surface area contributed by atoms with Gasteiger partial charge in [0.25, 0.3) is 0 Å². The first-order valence-electron chi connectivity index (χ1n) is 3.30. The van der Waals surface area contributed by atoms with Gasteiger partial charge in [0, 0.05) is 15.5 Å². The summed E-state index contributed by atoms with van der Waals surface area (Å²) in [5, 5.41) is 8.91. The zero-order valence-corrected chi connectivity index (χ0v) is 8.42. The Bertz CT molecular complexity index is 244. The second kappa shape index (κ2) is 3.12. The third-order valence-electron chi connectivity index (χ3n) is 1.59. The number of rotatable bonds is 2. The molecule has 3 nitrogen and oxygen atoms in total. The van der Waals surface area contributed by atoms with E-state index < -0.39 is 5.54 Å². The van der Waals surface area contributed by atoms with Crippen molar-refractivity contribution in [1.29, 1.82) is 0 Å². The van der Waals surface area contributed by atoms with Crippen molar-refractivity contribution in [3.8, 4) is 0 Å². The van der Waals surface area contributed by atoms with Crippen molar-refractivity contribution in [3.63, 3.8) is 0 Å². The van der Waals surface area contributed by atoms with Crippen LogP contribution in [0, 0.1) is 3.57 Å². The highest BCUT2D eigenvalue weighted by Crippen LogP contribution is 2.17. The molecule has 1 heterocycles. The van der Waals surface area contributed by atoms with Gasteiger partial charge in [-0.3, -0.25) is 0 Å². The molecule has 0 aliphatic rings. The van der Waals surface area contributed by atoms with Gasteiger partial charge < -0.3 is 15.8 Å². The molecule has 1 aromatic rings. The van der Waals surface area contributed by atoms with Gasteiger partial charge in [0.2, 0.25) is 0 Å². The third kappa shape index (κ3) is 1.94. The van der Waals surface area contributed by atoms with E-state index in [2.05, 4.69) is 27.6 Å². The zero-order valence-electron chi connectivity index (χ0n) is 6.26. The normalized spacial score (nSPS) is 16.4. The molecule has 0 fully saturated rings. The SMILES string of the molecule is C[C@](N)(CO)c1cc(I)c[nH]1. The number of aromatic nitrogens is 1. The number of aliphatic hydroxyl groups excluding tert-OH is 1. The van der Waals surface area contributed by atoms with Gasteiger partial charge in [-0.25, -0.2) is 0 Å². The van der Waals surface area contributed by atoms with Crippen molar-refractivity contribution in [2.24, 2.45) is 5.73 Å². The summed E-state index contributed by atoms with van der Waals surface area (Å²) < 4.78 is 1.10. The number of aromatic amines is 1. The second-order valence-corrected chi connectivity index (χ2v) is 4.05. The van der Waals surface area contributed by atoms with Crippen LogP contribution in [0.15, 0.2) is 12.3 Å². The molecule has 0 spiro atoms. The van der Waals surface area contributed by atoms with Crippen molar-refractivity contribution in [2.45, 2.75) is 12.5 Å². The molecule has 11 heavy (non-hydrogen) atoms. The lowest BCUT2D eigenvalue weighted by Crippen LogP contribution is -2.37. The number of hydrogen-bond donors (Lipinski definition) is 3. The Labute approximate surface area is 79.1 Å². The van der Waals surface area contributed by atoms with E-state index in [1.54, 1.807) is 6.92 Å². The van der Waals surface area contributed by atoms with Crippen LogP contribution < -0.4 is 5.73 Å². The van der Waals surface area contributed by atoms with Gasteiger partial charge >= 0.3 is 0 Å². The molecule has 4 N–H and O–H groups in total. The highest BCUT2D eigenvalue weighted by Gasteiger charge is 2.21. The molecule has 0 amide bonds. The maximum atomic E-state index is 8.91. The molecule has 0 saturated heterocycles. The Kier molecular flexibility index (Phi) is 2.56. The lowest BCUT2D eigenvalue weighted by molar-refractivity contribution is 0.207. The van der Waals surface area contributed by atoms with E-state index in [-0.39, 0.29) is 6.61 Å². The zero-order chi connectivity index (χ0) is 8.48. The highest BCUT2D eigenvalue weighted by molar-refractivity contribution is 14.1. The van der Waals surface area contributed by atoms with Crippen molar-refractivity contribution in [2.75, 3.05) is 6.61 Å². The maximum absolute atomic E-state index is 8.91. The molecule has 0 aliphatic heterocycles. The van der Waals surface area contributed by atoms with Gasteiger partial charge in [-0.05, 0) is 35.6 Å². The van der Waals surface area contributed by atoms with E-state index in [1.807, 2.05) is 12.3 Å². The summed E-state index contributed by atoms with van der Waals surface area (Å²) in [6.07, 6.45) is 1.86. The van der Waals surface area contributed by atoms with E-state index in [0.717, 1.165) is 9.26 Å². The number of nitrogens with one attached hydrogen (secondary N) is 1. The molecule has 0 radical (unpaired) electrons. The first-order valence-corrected chi connectivity index (χ1v) is 4.38. The molecule has 0 unspecified atom stereocenters. The van der Waals surface area contributed by atoms with Crippen LogP contribution in [0.3, 0.4) is 0 Å². The minimum atomic E-state index is -0.649. The van der Waals surface area contributed by atoms with Gasteiger partial charge in [0.1, 0.15) is 0 Å². The van der Waals surface area contributed by atoms with Gasteiger partial charge in [0.15, 0.2) is 0 Å². The number of halogens is 1. The maximum Gasteiger partial charge on any atom is 0.0767 e. The van der Waals surface area contributed by atoms with Crippen LogP contribution in [-0.2, 0) is 5.54 Å². The average Bonchev–Trinajstić information content (AvgIpc) is 2.36. The van der Waals surface area contributed by atoms with Gasteiger partial charge in [-0.1, -0.05) is 0 Å². The average molecular weight is 266 g/mol. The summed E-state index contributed by atoms with van der Waals surface area (Å²) in [7, 11) is 0. The van der Waals surface area contributed by atoms with Crippen LogP contribution in [-0.4, -0.2) is 16.7 Å². The number of aliphatic hydroxyl groups is 1. The second-order valence-electron chi connectivity index (χ2n) is 2.81. The quantitative estimate of drug-likeness (QED) is 0.693. The van der Waals surface area contributed by atoms with Gasteiger partial charge in [0.05, 0.1) is 12.1 Å². The fourth-order valence-electron chi connectivity index (χ4n) is 0.783. The summed E-state index contributed by atoms with van der Waals surface area (Å²) in [6.45, 7) is 1.73. The summed E-state index contributed by atoms with van der Waals surface area (Å²) in [4.78, 5) is 3.00. The predicted molar refractivity (Wildman–Crippen MR) is 52.1 cm³/mol. The Hall–Kier alpha value is -0.0700. The van der Waals surface area contributed by atoms with Crippen molar-refractivity contribution >= 4 is 22.6 Å². The van der Waals surface area contributed by atoms with Crippen LogP contribution in [0.1, 0.15) is 12.6 Å². The van der Waals surface area contributed by atoms with Crippen molar-refractivity contribution < 1.29 is 5.11 Å². The van der Waals surface area contributed by atoms with E-state index in [0.29, 0.717) is 0 Å². The lowest BCUT2D eigenvalue weighted by Gasteiger charge is -2.19. The Balaban J connectivity index is 2.92. The van der Waals surface area contributed by atoms with E-state index >= 15 is 0 Å². The first-order chi connectivity index (χ1) is 5.06.